The molecule has 0 saturated heterocycles. The highest BCUT2D eigenvalue weighted by molar-refractivity contribution is 5.97. The Balaban J connectivity index is 1.14. The third kappa shape index (κ3) is 4.91. The van der Waals surface area contributed by atoms with Crippen LogP contribution in [0.25, 0.3) is 11.3 Å². The van der Waals surface area contributed by atoms with Crippen LogP contribution in [0.2, 0.25) is 0 Å². The van der Waals surface area contributed by atoms with Crippen molar-refractivity contribution < 1.29 is 9.53 Å². The van der Waals surface area contributed by atoms with Crippen LogP contribution in [0.1, 0.15) is 27.0 Å². The quantitative estimate of drug-likeness (QED) is 0.423. The Morgan fingerprint density at radius 1 is 1.08 bits per heavy atom. The van der Waals surface area contributed by atoms with Gasteiger partial charge in [0.25, 0.3) is 5.91 Å². The molecule has 4 aromatic rings. The lowest BCUT2D eigenvalue weighted by Crippen LogP contribution is -2.29. The average molecular weight is 491 g/mol. The molecule has 0 spiro atoms. The van der Waals surface area contributed by atoms with E-state index in [1.54, 1.807) is 12.4 Å². The van der Waals surface area contributed by atoms with Gasteiger partial charge in [0.15, 0.2) is 0 Å². The number of carbonyl (C=O) groups is 1. The van der Waals surface area contributed by atoms with Crippen LogP contribution in [0.15, 0.2) is 78.2 Å². The van der Waals surface area contributed by atoms with E-state index in [0.717, 1.165) is 58.8 Å². The summed E-state index contributed by atoms with van der Waals surface area (Å²) in [5.74, 6) is 1.16. The van der Waals surface area contributed by atoms with E-state index in [9.17, 15) is 4.79 Å². The van der Waals surface area contributed by atoms with E-state index in [0.29, 0.717) is 18.7 Å². The molecule has 8 heteroatoms. The van der Waals surface area contributed by atoms with E-state index >= 15 is 0 Å². The molecule has 2 aromatic heterocycles. The molecule has 1 atom stereocenters. The lowest BCUT2D eigenvalue weighted by Gasteiger charge is -2.26. The third-order valence-corrected chi connectivity index (χ3v) is 6.81. The number of amides is 1. The smallest absolute Gasteiger partial charge is 0.251 e. The summed E-state index contributed by atoms with van der Waals surface area (Å²) in [4.78, 5) is 30.1. The van der Waals surface area contributed by atoms with Crippen LogP contribution < -0.4 is 15.8 Å². The molecule has 3 N–H and O–H groups in total. The number of hydrogen-bond acceptors (Lipinski definition) is 7. The number of fused-ring (bicyclic) bond motifs is 2. The van der Waals surface area contributed by atoms with Gasteiger partial charge in [-0.1, -0.05) is 18.2 Å². The largest absolute Gasteiger partial charge is 0.493 e. The number of aromatic nitrogens is 3. The summed E-state index contributed by atoms with van der Waals surface area (Å²) in [6.07, 6.45) is 7.54. The number of nitrogens with zero attached hydrogens (tertiary/aromatic N) is 4. The standard InChI is InChI=1S/C29H26N6O2/c30-29-33-11-8-24(35-29)19-3-4-20-15-26(34-25(20)14-19)23-13-22-12-21(5-6-27(22)37-17-23)28(36)32-10-7-18-2-1-9-31-16-18/h1-6,8-9,11-12,14,16,23H,7,10,13,15,17H2,(H,32,36)(H2,30,33,35). The minimum absolute atomic E-state index is 0.0858. The number of aliphatic imine (C=N–C) groups is 1. The third-order valence-electron chi connectivity index (χ3n) is 6.81. The van der Waals surface area contributed by atoms with Crippen molar-refractivity contribution >= 4 is 23.3 Å². The van der Waals surface area contributed by atoms with Crippen LogP contribution >= 0.6 is 0 Å². The van der Waals surface area contributed by atoms with E-state index in [-0.39, 0.29) is 17.8 Å². The number of nitrogens with two attached hydrogens (primary N) is 1. The summed E-state index contributed by atoms with van der Waals surface area (Å²) in [5, 5.41) is 3.01. The van der Waals surface area contributed by atoms with Crippen molar-refractivity contribution in [3.05, 3.63) is 95.4 Å². The van der Waals surface area contributed by atoms with Crippen molar-refractivity contribution in [1.82, 2.24) is 20.3 Å². The van der Waals surface area contributed by atoms with Crippen LogP contribution in [-0.2, 0) is 19.3 Å². The van der Waals surface area contributed by atoms with Crippen molar-refractivity contribution in [2.75, 3.05) is 18.9 Å². The van der Waals surface area contributed by atoms with Crippen molar-refractivity contribution in [2.24, 2.45) is 10.9 Å². The fourth-order valence-corrected chi connectivity index (χ4v) is 4.85. The lowest BCUT2D eigenvalue weighted by atomic mass is 9.89. The summed E-state index contributed by atoms with van der Waals surface area (Å²) < 4.78 is 6.08. The summed E-state index contributed by atoms with van der Waals surface area (Å²) in [5.41, 5.74) is 13.5. The van der Waals surface area contributed by atoms with Crippen LogP contribution in [0, 0.1) is 5.92 Å². The van der Waals surface area contributed by atoms with Gasteiger partial charge in [0, 0.05) is 54.3 Å². The summed E-state index contributed by atoms with van der Waals surface area (Å²) in [6.45, 7) is 1.13. The molecule has 184 valence electrons. The second-order valence-electron chi connectivity index (χ2n) is 9.33. The summed E-state index contributed by atoms with van der Waals surface area (Å²) in [7, 11) is 0. The first kappa shape index (κ1) is 22.8. The van der Waals surface area contributed by atoms with Gasteiger partial charge >= 0.3 is 0 Å². The van der Waals surface area contributed by atoms with E-state index in [4.69, 9.17) is 15.5 Å². The zero-order valence-corrected chi connectivity index (χ0v) is 20.2. The lowest BCUT2D eigenvalue weighted by molar-refractivity contribution is 0.0954. The number of rotatable bonds is 6. The number of hydrogen-bond donors (Lipinski definition) is 2. The average Bonchev–Trinajstić information content (AvgIpc) is 3.36. The van der Waals surface area contributed by atoms with Gasteiger partial charge in [-0.05, 0) is 65.9 Å². The number of benzene rings is 2. The van der Waals surface area contributed by atoms with E-state index in [1.165, 1.54) is 5.56 Å². The normalized spacial score (nSPS) is 15.8. The fourth-order valence-electron chi connectivity index (χ4n) is 4.85. The summed E-state index contributed by atoms with van der Waals surface area (Å²) in [6, 6.07) is 17.6. The highest BCUT2D eigenvalue weighted by atomic mass is 16.5. The second kappa shape index (κ2) is 9.81. The maximum absolute atomic E-state index is 12.8. The molecule has 2 aliphatic heterocycles. The van der Waals surface area contributed by atoms with E-state index in [2.05, 4.69) is 32.4 Å². The Morgan fingerprint density at radius 3 is 2.89 bits per heavy atom. The molecule has 8 nitrogen and oxygen atoms in total. The fraction of sp³-hybridized carbons (Fsp3) is 0.207. The predicted octanol–water partition coefficient (Wildman–Crippen LogP) is 3.97. The van der Waals surface area contributed by atoms with Gasteiger partial charge in [-0.15, -0.1) is 0 Å². The number of carbonyl (C=O) groups excluding carboxylic acids is 1. The van der Waals surface area contributed by atoms with Crippen molar-refractivity contribution in [1.29, 1.82) is 0 Å². The number of pyridine rings is 1. The van der Waals surface area contributed by atoms with E-state index < -0.39 is 0 Å². The molecule has 0 aliphatic carbocycles. The Kier molecular flexibility index (Phi) is 6.06. The van der Waals surface area contributed by atoms with Gasteiger partial charge < -0.3 is 15.8 Å². The molecule has 0 bridgehead atoms. The molecule has 6 rings (SSSR count). The maximum Gasteiger partial charge on any atom is 0.251 e. The minimum Gasteiger partial charge on any atom is -0.493 e. The van der Waals surface area contributed by atoms with Gasteiger partial charge in [0.1, 0.15) is 5.75 Å². The van der Waals surface area contributed by atoms with Crippen molar-refractivity contribution in [3.63, 3.8) is 0 Å². The van der Waals surface area contributed by atoms with E-state index in [1.807, 2.05) is 48.7 Å². The van der Waals surface area contributed by atoms with Gasteiger partial charge in [0.05, 0.1) is 18.0 Å². The molecular formula is C29H26N6O2. The molecule has 2 aromatic carbocycles. The summed E-state index contributed by atoms with van der Waals surface area (Å²) >= 11 is 0. The highest BCUT2D eigenvalue weighted by Gasteiger charge is 2.28. The molecular weight excluding hydrogens is 464 g/mol. The molecule has 2 aliphatic rings. The molecule has 0 radical (unpaired) electrons. The second-order valence-corrected chi connectivity index (χ2v) is 9.33. The zero-order valence-electron chi connectivity index (χ0n) is 20.2. The zero-order chi connectivity index (χ0) is 25.2. The van der Waals surface area contributed by atoms with Crippen LogP contribution in [0.3, 0.4) is 0 Å². The van der Waals surface area contributed by atoms with Crippen molar-refractivity contribution in [2.45, 2.75) is 19.3 Å². The number of anilines is 1. The Morgan fingerprint density at radius 2 is 2.03 bits per heavy atom. The Bertz CT molecular complexity index is 1500. The van der Waals surface area contributed by atoms with Gasteiger partial charge in [-0.25, -0.2) is 9.97 Å². The molecule has 37 heavy (non-hydrogen) atoms. The Hall–Kier alpha value is -4.59. The van der Waals surface area contributed by atoms with Crippen LogP contribution in [0.4, 0.5) is 11.6 Å². The van der Waals surface area contributed by atoms with Crippen molar-refractivity contribution in [3.8, 4) is 17.0 Å². The monoisotopic (exact) mass is 490 g/mol. The van der Waals surface area contributed by atoms with Gasteiger partial charge in [-0.2, -0.15) is 0 Å². The van der Waals surface area contributed by atoms with Gasteiger partial charge in [-0.3, -0.25) is 14.8 Å². The topological polar surface area (TPSA) is 115 Å². The minimum atomic E-state index is -0.0858. The van der Waals surface area contributed by atoms with Crippen LogP contribution in [0.5, 0.6) is 5.75 Å². The predicted molar refractivity (Wildman–Crippen MR) is 142 cm³/mol. The number of nitrogen functional groups attached to an aromatic ring is 1. The molecule has 0 fully saturated rings. The van der Waals surface area contributed by atoms with Crippen LogP contribution in [-0.4, -0.2) is 39.7 Å². The first-order valence-corrected chi connectivity index (χ1v) is 12.3. The number of nitrogens with one attached hydrogen (secondary N) is 1. The first-order chi connectivity index (χ1) is 18.1. The SMILES string of the molecule is Nc1nccc(-c2ccc3c(c2)N=C(C2COc4ccc(C(=O)NCCc5cccnc5)cc4C2)C3)n1. The molecule has 4 heterocycles. The molecule has 1 amide bonds. The Labute approximate surface area is 214 Å². The molecule has 0 saturated carbocycles. The maximum atomic E-state index is 12.8. The molecule has 1 unspecified atom stereocenters. The number of ether oxygens (including phenoxy) is 1. The van der Waals surface area contributed by atoms with Gasteiger partial charge in [0.2, 0.25) is 5.95 Å². The highest BCUT2D eigenvalue weighted by Crippen LogP contribution is 2.36. The first-order valence-electron chi connectivity index (χ1n) is 12.3.